The average Bonchev–Trinajstić information content (AvgIpc) is 2.92. The monoisotopic (exact) mass is 485 g/mol. The van der Waals surface area contributed by atoms with Crippen LogP contribution in [-0.2, 0) is 18.2 Å². The van der Waals surface area contributed by atoms with Gasteiger partial charge in [0.25, 0.3) is 8.53 Å². The van der Waals surface area contributed by atoms with E-state index >= 15 is 0 Å². The maximum atomic E-state index is 7.96. The molecule has 0 aliphatic carbocycles. The Morgan fingerprint density at radius 3 is 2.28 bits per heavy atom. The van der Waals surface area contributed by atoms with Crippen LogP contribution >= 0.6 is 8.53 Å². The van der Waals surface area contributed by atoms with E-state index in [1.165, 1.54) is 0 Å². The van der Waals surface area contributed by atoms with E-state index < -0.39 is 40.7 Å². The summed E-state index contributed by atoms with van der Waals surface area (Å²) in [5.41, 5.74) is -0.711. The smallest absolute Gasteiger partial charge is 0.259 e. The van der Waals surface area contributed by atoms with Crippen molar-refractivity contribution in [1.82, 2.24) is 4.67 Å². The summed E-state index contributed by atoms with van der Waals surface area (Å²) in [5.74, 6) is 0. The van der Waals surface area contributed by atoms with Gasteiger partial charge in [-0.3, -0.25) is 0 Å². The van der Waals surface area contributed by atoms with Crippen LogP contribution in [0.2, 0.25) is 18.1 Å². The number of hydrogen-bond acceptors (Lipinski definition) is 5. The molecule has 0 aromatic rings. The topological polar surface area (TPSA) is 44.5 Å². The summed E-state index contributed by atoms with van der Waals surface area (Å²) >= 11 is 0. The van der Waals surface area contributed by atoms with Crippen molar-refractivity contribution in [3.05, 3.63) is 11.4 Å². The summed E-state index contributed by atoms with van der Waals surface area (Å²) in [7, 11) is 2.88. The quantitative estimate of drug-likeness (QED) is 0.144. The fraction of sp³-hybridized carbons (Fsp3) is 0.957. The zero-order valence-electron chi connectivity index (χ0n) is 23.0. The lowest BCUT2D eigenvalue weighted by Gasteiger charge is -2.43. The summed E-state index contributed by atoms with van der Waals surface area (Å²) in [4.78, 5) is 3.44. The lowest BCUT2D eigenvalue weighted by Crippen LogP contribution is -2.52. The average molecular weight is 486 g/mol. The third-order valence-corrected chi connectivity index (χ3v) is 13.2. The summed E-state index contributed by atoms with van der Waals surface area (Å²) in [5, 5.41) is 0.00290. The molecular weight excluding hydrogens is 438 g/mol. The first-order chi connectivity index (χ1) is 15.2. The predicted molar refractivity (Wildman–Crippen MR) is 137 cm³/mol. The second-order valence-electron chi connectivity index (χ2n) is 10.6. The molecule has 6 nitrogen and oxygen atoms in total. The molecule has 5 atom stereocenters. The Kier molecular flexibility index (Phi) is 10.7. The second-order valence-corrected chi connectivity index (χ2v) is 16.8. The Morgan fingerprint density at radius 2 is 1.84 bits per heavy atom. The molecule has 32 heavy (non-hydrogen) atoms. The van der Waals surface area contributed by atoms with Crippen molar-refractivity contribution in [3.63, 3.8) is 0 Å². The van der Waals surface area contributed by atoms with E-state index in [1.54, 1.807) is 0 Å². The highest BCUT2D eigenvalue weighted by Gasteiger charge is 2.56. The Hall–Kier alpha value is 0.00182. The van der Waals surface area contributed by atoms with E-state index in [0.717, 1.165) is 0 Å². The highest BCUT2D eigenvalue weighted by atomic mass is 31.2. The van der Waals surface area contributed by atoms with Crippen molar-refractivity contribution in [1.29, 1.82) is 0 Å². The molecule has 0 spiro atoms. The van der Waals surface area contributed by atoms with Crippen LogP contribution in [0.3, 0.4) is 0 Å². The van der Waals surface area contributed by atoms with Crippen LogP contribution in [0.5, 0.6) is 0 Å². The molecule has 1 fully saturated rings. The summed E-state index contributed by atoms with van der Waals surface area (Å²) in [6.07, 6.45) is 0.258. The first-order valence-corrected chi connectivity index (χ1v) is 15.8. The molecule has 0 aromatic carbocycles. The molecule has 0 saturated carbocycles. The number of nitrogens with zero attached hydrogens (tertiary/aromatic N) is 2. The van der Waals surface area contributed by atoms with Crippen LogP contribution in [0.4, 0.5) is 0 Å². The second kappa shape index (κ2) is 12.1. The first-order valence-electron chi connectivity index (χ1n) is 12.5. The molecule has 0 amide bonds. The van der Waals surface area contributed by atoms with Crippen molar-refractivity contribution >= 4 is 24.7 Å². The van der Waals surface area contributed by atoms with Crippen LogP contribution < -0.4 is 0 Å². The SMILES string of the molecule is [2H]CC[C@]1(CC)O[C@@H]([B])C(O[Si](C)(C)C(C)(C)C)[C@H]1OP(OCC[N+]#[C-])N(C(C)C)C(C)C. The first kappa shape index (κ1) is 28.2. The van der Waals surface area contributed by atoms with Gasteiger partial charge in [0.2, 0.25) is 6.54 Å². The zero-order valence-corrected chi connectivity index (χ0v) is 23.9. The van der Waals surface area contributed by atoms with Gasteiger partial charge in [-0.2, -0.15) is 0 Å². The minimum Gasteiger partial charge on any atom is -0.409 e. The minimum absolute atomic E-state index is 0.00290. The molecular formula is C23H46BN2O4PSi. The van der Waals surface area contributed by atoms with Gasteiger partial charge in [0.05, 0.1) is 11.7 Å². The lowest BCUT2D eigenvalue weighted by molar-refractivity contribution is -0.0679. The van der Waals surface area contributed by atoms with Gasteiger partial charge in [-0.1, -0.05) is 34.6 Å². The van der Waals surface area contributed by atoms with E-state index in [-0.39, 0.29) is 30.6 Å². The normalized spacial score (nSPS) is 28.4. The van der Waals surface area contributed by atoms with Gasteiger partial charge >= 0.3 is 0 Å². The van der Waals surface area contributed by atoms with Gasteiger partial charge < -0.3 is 23.1 Å². The molecule has 1 saturated heterocycles. The Balaban J connectivity index is 3.43. The van der Waals surface area contributed by atoms with Gasteiger partial charge in [0.15, 0.2) is 8.32 Å². The van der Waals surface area contributed by atoms with E-state index in [9.17, 15) is 0 Å². The minimum atomic E-state index is -2.18. The van der Waals surface area contributed by atoms with Crippen molar-refractivity contribution in [2.24, 2.45) is 0 Å². The summed E-state index contributed by atoms with van der Waals surface area (Å²) in [6.45, 7) is 29.5. The molecule has 0 N–H and O–H groups in total. The standard InChI is InChI=1S/C23H46BN2O4PSi/c1-13-23(14-2)20(19(21(24)28-23)30-32(11,12)22(7,8)9)29-31(27-16-15-25-10)26(17(3)4)18(5)6/h17-21H,13-16H2,1-9,11-12H3/t19?,20-,21-,31?/m1/s1/i1D/t19?,20-,21-,23-,31?. The third-order valence-electron chi connectivity index (χ3n) is 6.63. The molecule has 1 aliphatic heterocycles. The lowest BCUT2D eigenvalue weighted by atomic mass is 9.86. The molecule has 1 heterocycles. The maximum Gasteiger partial charge on any atom is 0.259 e. The summed E-state index contributed by atoms with van der Waals surface area (Å²) in [6, 6.07) is -0.263. The number of ether oxygens (including phenoxy) is 1. The van der Waals surface area contributed by atoms with Crippen LogP contribution in [0.15, 0.2) is 0 Å². The highest BCUT2D eigenvalue weighted by molar-refractivity contribution is 7.44. The molecule has 1 rings (SSSR count). The Bertz CT molecular complexity index is 639. The van der Waals surface area contributed by atoms with Crippen LogP contribution in [0.25, 0.3) is 4.85 Å². The van der Waals surface area contributed by atoms with Crippen LogP contribution in [0.1, 0.15) is 76.5 Å². The van der Waals surface area contributed by atoms with Gasteiger partial charge in [-0.05, 0) is 58.7 Å². The molecule has 184 valence electrons. The van der Waals surface area contributed by atoms with Crippen molar-refractivity contribution in [3.8, 4) is 0 Å². The molecule has 2 radical (unpaired) electrons. The fourth-order valence-corrected chi connectivity index (χ4v) is 6.82. The van der Waals surface area contributed by atoms with E-state index in [0.29, 0.717) is 19.4 Å². The highest BCUT2D eigenvalue weighted by Crippen LogP contribution is 2.53. The third kappa shape index (κ3) is 7.01. The largest absolute Gasteiger partial charge is 0.409 e. The maximum absolute atomic E-state index is 7.96. The van der Waals surface area contributed by atoms with Gasteiger partial charge in [0.1, 0.15) is 20.6 Å². The van der Waals surface area contributed by atoms with Crippen molar-refractivity contribution < 1.29 is 19.6 Å². The van der Waals surface area contributed by atoms with E-state index in [4.69, 9.17) is 34.0 Å². The Labute approximate surface area is 202 Å². The molecule has 9 heteroatoms. The fourth-order valence-electron chi connectivity index (χ4n) is 3.73. The molecule has 0 aromatic heterocycles. The van der Waals surface area contributed by atoms with E-state index in [2.05, 4.69) is 78.0 Å². The number of hydrogen-bond donors (Lipinski definition) is 0. The predicted octanol–water partition coefficient (Wildman–Crippen LogP) is 6.13. The van der Waals surface area contributed by atoms with Gasteiger partial charge in [0, 0.05) is 19.5 Å². The number of rotatable bonds is 12. The molecule has 1 aliphatic rings. The van der Waals surface area contributed by atoms with Crippen LogP contribution in [0, 0.1) is 6.57 Å². The van der Waals surface area contributed by atoms with Gasteiger partial charge in [-0.25, -0.2) is 11.2 Å². The van der Waals surface area contributed by atoms with Crippen molar-refractivity contribution in [2.45, 2.75) is 129 Å². The molecule has 0 bridgehead atoms. The van der Waals surface area contributed by atoms with Crippen molar-refractivity contribution in [2.75, 3.05) is 13.2 Å². The van der Waals surface area contributed by atoms with Gasteiger partial charge in [-0.15, -0.1) is 0 Å². The molecule has 2 unspecified atom stereocenters. The van der Waals surface area contributed by atoms with E-state index in [1.807, 2.05) is 0 Å². The van der Waals surface area contributed by atoms with Crippen LogP contribution in [-0.4, -0.2) is 69.9 Å². The summed E-state index contributed by atoms with van der Waals surface area (Å²) < 4.78 is 36.4. The zero-order chi connectivity index (χ0) is 25.6. The Morgan fingerprint density at radius 1 is 1.25 bits per heavy atom.